The maximum Gasteiger partial charge on any atom is 0.232 e. The van der Waals surface area contributed by atoms with Gasteiger partial charge >= 0.3 is 0 Å². The van der Waals surface area contributed by atoms with Gasteiger partial charge in [0.25, 0.3) is 0 Å². The van der Waals surface area contributed by atoms with Crippen LogP contribution in [0.15, 0.2) is 0 Å². The van der Waals surface area contributed by atoms with E-state index in [0.717, 1.165) is 32.1 Å². The maximum absolute atomic E-state index is 12.0. The van der Waals surface area contributed by atoms with Gasteiger partial charge < -0.3 is 5.11 Å². The summed E-state index contributed by atoms with van der Waals surface area (Å²) in [6.07, 6.45) is 3.83. The lowest BCUT2D eigenvalue weighted by Gasteiger charge is -2.37. The summed E-state index contributed by atoms with van der Waals surface area (Å²) in [6, 6.07) is 0. The third-order valence-electron chi connectivity index (χ3n) is 4.31. The van der Waals surface area contributed by atoms with Crippen molar-refractivity contribution < 1.29 is 14.7 Å². The van der Waals surface area contributed by atoms with E-state index in [-0.39, 0.29) is 29.8 Å². The molecule has 1 aliphatic heterocycles. The number of fused-ring (bicyclic) bond motifs is 2. The molecule has 2 aliphatic carbocycles. The van der Waals surface area contributed by atoms with Gasteiger partial charge in [-0.2, -0.15) is 0 Å². The van der Waals surface area contributed by atoms with Gasteiger partial charge in [0.2, 0.25) is 11.8 Å². The zero-order chi connectivity index (χ0) is 11.3. The zero-order valence-corrected chi connectivity index (χ0v) is 9.26. The van der Waals surface area contributed by atoms with Crippen molar-refractivity contribution in [3.8, 4) is 0 Å². The highest BCUT2D eigenvalue weighted by Crippen LogP contribution is 2.39. The van der Waals surface area contributed by atoms with Crippen LogP contribution in [-0.2, 0) is 9.59 Å². The Bertz CT molecular complexity index is 313. The average molecular weight is 223 g/mol. The van der Waals surface area contributed by atoms with E-state index in [9.17, 15) is 14.7 Å². The van der Waals surface area contributed by atoms with Gasteiger partial charge in [-0.3, -0.25) is 14.5 Å². The van der Waals surface area contributed by atoms with E-state index in [2.05, 4.69) is 0 Å². The Balaban J connectivity index is 1.69. The summed E-state index contributed by atoms with van der Waals surface area (Å²) < 4.78 is 0. The molecule has 4 heteroatoms. The van der Waals surface area contributed by atoms with Crippen molar-refractivity contribution >= 4 is 11.8 Å². The van der Waals surface area contributed by atoms with E-state index in [1.54, 1.807) is 0 Å². The molecular weight excluding hydrogens is 206 g/mol. The second-order valence-corrected chi connectivity index (χ2v) is 5.49. The Kier molecular flexibility index (Phi) is 2.28. The molecule has 2 unspecified atom stereocenters. The van der Waals surface area contributed by atoms with Gasteiger partial charge in [0, 0.05) is 18.4 Å². The number of aliphatic hydroxyl groups excluding tert-OH is 1. The molecule has 0 aromatic heterocycles. The molecule has 0 aromatic carbocycles. The highest BCUT2D eigenvalue weighted by atomic mass is 16.3. The first kappa shape index (κ1) is 10.3. The number of hydrogen-bond donors (Lipinski definition) is 1. The number of carbonyl (C=O) groups excluding carboxylic acids is 2. The van der Waals surface area contributed by atoms with E-state index in [1.807, 2.05) is 0 Å². The number of aliphatic hydroxyl groups is 1. The molecule has 0 aromatic rings. The van der Waals surface area contributed by atoms with Crippen LogP contribution in [0.4, 0.5) is 0 Å². The Morgan fingerprint density at radius 1 is 1.06 bits per heavy atom. The largest absolute Gasteiger partial charge is 0.393 e. The summed E-state index contributed by atoms with van der Waals surface area (Å²) in [6.45, 7) is 0.543. The topological polar surface area (TPSA) is 57.6 Å². The molecule has 2 atom stereocenters. The lowest BCUT2D eigenvalue weighted by atomic mass is 9.81. The maximum atomic E-state index is 12.0. The van der Waals surface area contributed by atoms with Crippen LogP contribution in [0.5, 0.6) is 0 Å². The quantitative estimate of drug-likeness (QED) is 0.695. The third kappa shape index (κ3) is 1.47. The fourth-order valence-corrected chi connectivity index (χ4v) is 3.27. The predicted octanol–water partition coefficient (Wildman–Crippen LogP) is 0.542. The molecule has 2 amide bonds. The minimum absolute atomic E-state index is 0.0418. The van der Waals surface area contributed by atoms with E-state index in [4.69, 9.17) is 0 Å². The Morgan fingerprint density at radius 2 is 1.62 bits per heavy atom. The molecule has 2 saturated carbocycles. The molecule has 4 nitrogen and oxygen atoms in total. The molecule has 1 heterocycles. The van der Waals surface area contributed by atoms with Crippen molar-refractivity contribution in [3.63, 3.8) is 0 Å². The van der Waals surface area contributed by atoms with E-state index in [1.165, 1.54) is 4.90 Å². The number of rotatable bonds is 2. The number of nitrogens with zero attached hydrogens (tertiary/aromatic N) is 1. The van der Waals surface area contributed by atoms with Gasteiger partial charge in [-0.25, -0.2) is 0 Å². The summed E-state index contributed by atoms with van der Waals surface area (Å²) in [5.74, 6) is 0.626. The van der Waals surface area contributed by atoms with Gasteiger partial charge in [0.05, 0.1) is 6.10 Å². The monoisotopic (exact) mass is 223 g/mol. The van der Waals surface area contributed by atoms with Crippen LogP contribution in [0.25, 0.3) is 0 Å². The number of amides is 2. The average Bonchev–Trinajstić information content (AvgIpc) is 2.65. The minimum atomic E-state index is -0.211. The molecule has 16 heavy (non-hydrogen) atoms. The van der Waals surface area contributed by atoms with Crippen LogP contribution >= 0.6 is 0 Å². The Labute approximate surface area is 94.6 Å². The van der Waals surface area contributed by atoms with Crippen molar-refractivity contribution in [3.05, 3.63) is 0 Å². The third-order valence-corrected chi connectivity index (χ3v) is 4.31. The fourth-order valence-electron chi connectivity index (χ4n) is 3.27. The molecule has 0 spiro atoms. The van der Waals surface area contributed by atoms with E-state index < -0.39 is 0 Å². The van der Waals surface area contributed by atoms with Crippen molar-refractivity contribution in [1.82, 2.24) is 4.90 Å². The van der Waals surface area contributed by atoms with Crippen molar-refractivity contribution in [2.24, 2.45) is 17.8 Å². The number of piperidine rings is 1. The second-order valence-electron chi connectivity index (χ2n) is 5.49. The molecule has 1 N–H and O–H groups in total. The molecule has 3 fully saturated rings. The molecular formula is C12H17NO3. The first-order valence-electron chi connectivity index (χ1n) is 6.18. The highest BCUT2D eigenvalue weighted by Gasteiger charge is 2.46. The van der Waals surface area contributed by atoms with E-state index in [0.29, 0.717) is 12.5 Å². The number of carbonyl (C=O) groups is 2. The van der Waals surface area contributed by atoms with E-state index >= 15 is 0 Å². The van der Waals surface area contributed by atoms with Gasteiger partial charge in [0.15, 0.2) is 0 Å². The number of likely N-dealkylation sites (tertiary alicyclic amines) is 1. The van der Waals surface area contributed by atoms with Crippen LogP contribution in [0.3, 0.4) is 0 Å². The Morgan fingerprint density at radius 3 is 2.12 bits per heavy atom. The van der Waals surface area contributed by atoms with Crippen molar-refractivity contribution in [2.45, 2.75) is 38.2 Å². The van der Waals surface area contributed by atoms with Gasteiger partial charge in [-0.1, -0.05) is 0 Å². The Hall–Kier alpha value is -0.900. The SMILES string of the molecule is O=C1C2CCC(C2)C(=O)N1CC1CC(O)C1. The van der Waals surface area contributed by atoms with Crippen LogP contribution < -0.4 is 0 Å². The predicted molar refractivity (Wildman–Crippen MR) is 56.3 cm³/mol. The van der Waals surface area contributed by atoms with Crippen LogP contribution in [-0.4, -0.2) is 34.5 Å². The summed E-state index contributed by atoms with van der Waals surface area (Å²) in [5.41, 5.74) is 0. The summed E-state index contributed by atoms with van der Waals surface area (Å²) >= 11 is 0. The molecule has 3 rings (SSSR count). The zero-order valence-electron chi connectivity index (χ0n) is 9.26. The standard InChI is InChI=1S/C12H17NO3/c14-10-3-7(4-10)6-13-11(15)8-1-2-9(5-8)12(13)16/h7-10,14H,1-6H2. The van der Waals surface area contributed by atoms with Gasteiger partial charge in [0.1, 0.15) is 0 Å². The smallest absolute Gasteiger partial charge is 0.232 e. The normalized spacial score (nSPS) is 42.4. The lowest BCUT2D eigenvalue weighted by molar-refractivity contribution is -0.154. The molecule has 2 bridgehead atoms. The molecule has 88 valence electrons. The summed E-state index contributed by atoms with van der Waals surface area (Å²) in [4.78, 5) is 25.5. The highest BCUT2D eigenvalue weighted by molar-refractivity contribution is 6.00. The number of imide groups is 1. The van der Waals surface area contributed by atoms with Crippen LogP contribution in [0.1, 0.15) is 32.1 Å². The molecule has 1 saturated heterocycles. The van der Waals surface area contributed by atoms with Crippen LogP contribution in [0.2, 0.25) is 0 Å². The van der Waals surface area contributed by atoms with Gasteiger partial charge in [-0.15, -0.1) is 0 Å². The number of hydrogen-bond acceptors (Lipinski definition) is 3. The second kappa shape index (κ2) is 3.55. The van der Waals surface area contributed by atoms with Crippen molar-refractivity contribution in [2.75, 3.05) is 6.54 Å². The first-order chi connectivity index (χ1) is 7.65. The fraction of sp³-hybridized carbons (Fsp3) is 0.833. The first-order valence-corrected chi connectivity index (χ1v) is 6.18. The van der Waals surface area contributed by atoms with Gasteiger partial charge in [-0.05, 0) is 38.0 Å². The molecule has 3 aliphatic rings. The van der Waals surface area contributed by atoms with Crippen molar-refractivity contribution in [1.29, 1.82) is 0 Å². The summed E-state index contributed by atoms with van der Waals surface area (Å²) in [5, 5.41) is 9.21. The molecule has 0 radical (unpaired) electrons. The lowest BCUT2D eigenvalue weighted by Crippen LogP contribution is -2.50. The van der Waals surface area contributed by atoms with Crippen LogP contribution in [0, 0.1) is 17.8 Å². The summed E-state index contributed by atoms with van der Waals surface area (Å²) in [7, 11) is 0. The minimum Gasteiger partial charge on any atom is -0.393 e.